The summed E-state index contributed by atoms with van der Waals surface area (Å²) >= 11 is 0. The van der Waals surface area contributed by atoms with Crippen molar-refractivity contribution in [3.63, 3.8) is 0 Å². The standard InChI is InChI=1S/C52H48N2/c1-4-6-17-38(5-2)49-36-50(54-51(53-49)42-19-8-7-9-20-42)41-28-32-46(33-29-41)52(34-13-12-16-37(52)3)45-30-26-39(27-31-45)43-22-14-23-44(35-43)48-25-15-21-40-18-10-11-24-47(40)48/h4-6,8,10-11,14-15,17-33,35-37H,1,7,9,12-13,16,34H2,2-3H3/b17-6-,38-5+/t37-,52?/m0/s1. The van der Waals surface area contributed by atoms with Crippen molar-refractivity contribution in [1.82, 2.24) is 9.97 Å². The number of allylic oxidation sites excluding steroid dienone is 9. The van der Waals surface area contributed by atoms with Gasteiger partial charge in [-0.2, -0.15) is 0 Å². The fraction of sp³-hybridized carbons (Fsp3) is 0.192. The van der Waals surface area contributed by atoms with Crippen LogP contribution in [0, 0.1) is 5.92 Å². The Hall–Kier alpha value is -5.86. The van der Waals surface area contributed by atoms with E-state index in [1.165, 1.54) is 63.4 Å². The second kappa shape index (κ2) is 15.6. The topological polar surface area (TPSA) is 25.8 Å². The van der Waals surface area contributed by atoms with Gasteiger partial charge in [0.15, 0.2) is 5.82 Å². The van der Waals surface area contributed by atoms with Crippen LogP contribution >= 0.6 is 0 Å². The maximum Gasteiger partial charge on any atom is 0.160 e. The highest BCUT2D eigenvalue weighted by Crippen LogP contribution is 2.49. The van der Waals surface area contributed by atoms with Crippen molar-refractivity contribution < 1.29 is 0 Å². The molecule has 1 unspecified atom stereocenters. The van der Waals surface area contributed by atoms with E-state index in [2.05, 4.69) is 172 Å². The molecular formula is C52H48N2. The van der Waals surface area contributed by atoms with Crippen LogP contribution in [0.25, 0.3) is 55.4 Å². The average Bonchev–Trinajstić information content (AvgIpc) is 3.24. The Balaban J connectivity index is 1.14. The number of nitrogens with zero attached hydrogens (tertiary/aromatic N) is 2. The summed E-state index contributed by atoms with van der Waals surface area (Å²) in [6.07, 6.45) is 21.5. The van der Waals surface area contributed by atoms with E-state index >= 15 is 0 Å². The molecule has 1 heterocycles. The molecular weight excluding hydrogens is 653 g/mol. The van der Waals surface area contributed by atoms with Gasteiger partial charge in [-0.25, -0.2) is 9.97 Å². The molecule has 0 amide bonds. The zero-order valence-corrected chi connectivity index (χ0v) is 31.5. The van der Waals surface area contributed by atoms with Gasteiger partial charge in [0.2, 0.25) is 0 Å². The molecule has 1 fully saturated rings. The van der Waals surface area contributed by atoms with Gasteiger partial charge in [-0.1, -0.05) is 178 Å². The van der Waals surface area contributed by atoms with Crippen LogP contribution < -0.4 is 0 Å². The molecule has 5 aromatic carbocycles. The molecule has 2 atom stereocenters. The van der Waals surface area contributed by atoms with Crippen LogP contribution in [-0.4, -0.2) is 9.97 Å². The highest BCUT2D eigenvalue weighted by molar-refractivity contribution is 5.97. The lowest BCUT2D eigenvalue weighted by Crippen LogP contribution is -2.37. The Morgan fingerprint density at radius 2 is 1.48 bits per heavy atom. The molecule has 0 N–H and O–H groups in total. The number of hydrogen-bond donors (Lipinski definition) is 0. The van der Waals surface area contributed by atoms with Gasteiger partial charge in [0.05, 0.1) is 11.4 Å². The largest absolute Gasteiger partial charge is 0.228 e. The summed E-state index contributed by atoms with van der Waals surface area (Å²) in [5.74, 6) is 1.29. The molecule has 1 saturated carbocycles. The molecule has 2 aliphatic rings. The molecule has 8 rings (SSSR count). The second-order valence-corrected chi connectivity index (χ2v) is 14.8. The van der Waals surface area contributed by atoms with E-state index in [0.717, 1.165) is 53.2 Å². The molecule has 0 radical (unpaired) electrons. The van der Waals surface area contributed by atoms with Crippen LogP contribution in [0.2, 0.25) is 0 Å². The van der Waals surface area contributed by atoms with Crippen LogP contribution in [0.3, 0.4) is 0 Å². The molecule has 6 aromatic rings. The minimum Gasteiger partial charge on any atom is -0.228 e. The number of aromatic nitrogens is 2. The summed E-state index contributed by atoms with van der Waals surface area (Å²) in [5, 5.41) is 2.56. The summed E-state index contributed by atoms with van der Waals surface area (Å²) in [5.41, 5.74) is 12.9. The summed E-state index contributed by atoms with van der Waals surface area (Å²) in [6, 6.07) is 45.2. The molecule has 0 aliphatic heterocycles. The minimum atomic E-state index is -0.0482. The van der Waals surface area contributed by atoms with Crippen LogP contribution in [0.4, 0.5) is 0 Å². The lowest BCUT2D eigenvalue weighted by Gasteiger charge is -2.44. The third-order valence-electron chi connectivity index (χ3n) is 11.7. The fourth-order valence-corrected chi connectivity index (χ4v) is 8.77. The number of benzene rings is 5. The molecule has 2 nitrogen and oxygen atoms in total. The Morgan fingerprint density at radius 1 is 0.741 bits per heavy atom. The van der Waals surface area contributed by atoms with E-state index in [9.17, 15) is 0 Å². The first-order valence-corrected chi connectivity index (χ1v) is 19.6. The predicted molar refractivity (Wildman–Crippen MR) is 230 cm³/mol. The van der Waals surface area contributed by atoms with Gasteiger partial charge in [-0.15, -0.1) is 0 Å². The Bertz CT molecular complexity index is 2420. The monoisotopic (exact) mass is 700 g/mol. The molecule has 266 valence electrons. The Kier molecular flexibility index (Phi) is 10.2. The Labute approximate surface area is 321 Å². The summed E-state index contributed by atoms with van der Waals surface area (Å²) in [4.78, 5) is 10.2. The molecule has 0 spiro atoms. The van der Waals surface area contributed by atoms with E-state index in [1.807, 2.05) is 6.08 Å². The summed E-state index contributed by atoms with van der Waals surface area (Å²) < 4.78 is 0. The SMILES string of the molecule is C=C/C=C\C(=C/C)c1cc(-c2ccc(C3(c4ccc(-c5cccc(-c6cccc7ccccc67)c5)cc4)CCCC[C@@H]3C)cc2)nc(C2=CCCC=C2)n1. The quantitative estimate of drug-likeness (QED) is 0.140. The average molecular weight is 701 g/mol. The predicted octanol–water partition coefficient (Wildman–Crippen LogP) is 14.0. The van der Waals surface area contributed by atoms with Crippen molar-refractivity contribution in [2.75, 3.05) is 0 Å². The van der Waals surface area contributed by atoms with Crippen molar-refractivity contribution in [3.05, 3.63) is 193 Å². The van der Waals surface area contributed by atoms with Gasteiger partial charge in [-0.05, 0) is 100 Å². The molecule has 0 saturated heterocycles. The lowest BCUT2D eigenvalue weighted by atomic mass is 9.59. The molecule has 54 heavy (non-hydrogen) atoms. The van der Waals surface area contributed by atoms with Crippen LogP contribution in [0.15, 0.2) is 170 Å². The minimum absolute atomic E-state index is 0.0482. The highest BCUT2D eigenvalue weighted by Gasteiger charge is 2.41. The first-order valence-electron chi connectivity index (χ1n) is 19.6. The zero-order valence-electron chi connectivity index (χ0n) is 31.5. The number of fused-ring (bicyclic) bond motifs is 1. The van der Waals surface area contributed by atoms with Crippen molar-refractivity contribution >= 4 is 21.9 Å². The van der Waals surface area contributed by atoms with E-state index in [-0.39, 0.29) is 5.41 Å². The van der Waals surface area contributed by atoms with E-state index in [1.54, 1.807) is 6.08 Å². The van der Waals surface area contributed by atoms with E-state index in [4.69, 9.17) is 9.97 Å². The molecule has 2 heteroatoms. The first kappa shape index (κ1) is 35.2. The van der Waals surface area contributed by atoms with E-state index in [0.29, 0.717) is 5.92 Å². The maximum absolute atomic E-state index is 5.13. The lowest BCUT2D eigenvalue weighted by molar-refractivity contribution is 0.244. The van der Waals surface area contributed by atoms with Crippen molar-refractivity contribution in [2.24, 2.45) is 5.92 Å². The van der Waals surface area contributed by atoms with Gasteiger partial charge in [0.1, 0.15) is 0 Å². The number of rotatable bonds is 9. The summed E-state index contributed by atoms with van der Waals surface area (Å²) in [7, 11) is 0. The zero-order chi connectivity index (χ0) is 36.9. The van der Waals surface area contributed by atoms with Crippen LogP contribution in [-0.2, 0) is 5.41 Å². The van der Waals surface area contributed by atoms with Crippen molar-refractivity contribution in [1.29, 1.82) is 0 Å². The van der Waals surface area contributed by atoms with Gasteiger partial charge in [-0.3, -0.25) is 0 Å². The van der Waals surface area contributed by atoms with Gasteiger partial charge in [0, 0.05) is 16.6 Å². The fourth-order valence-electron chi connectivity index (χ4n) is 8.77. The maximum atomic E-state index is 5.13. The third kappa shape index (κ3) is 6.85. The molecule has 2 aliphatic carbocycles. The van der Waals surface area contributed by atoms with E-state index < -0.39 is 0 Å². The van der Waals surface area contributed by atoms with Gasteiger partial charge < -0.3 is 0 Å². The molecule has 0 bridgehead atoms. The molecule has 1 aromatic heterocycles. The van der Waals surface area contributed by atoms with Gasteiger partial charge >= 0.3 is 0 Å². The van der Waals surface area contributed by atoms with Gasteiger partial charge in [0.25, 0.3) is 0 Å². The second-order valence-electron chi connectivity index (χ2n) is 14.8. The Morgan fingerprint density at radius 3 is 2.22 bits per heavy atom. The van der Waals surface area contributed by atoms with Crippen molar-refractivity contribution in [3.8, 4) is 33.5 Å². The van der Waals surface area contributed by atoms with Crippen molar-refractivity contribution in [2.45, 2.75) is 57.8 Å². The van der Waals surface area contributed by atoms with Crippen LogP contribution in [0.1, 0.15) is 75.0 Å². The highest BCUT2D eigenvalue weighted by atomic mass is 14.9. The normalized spacial score (nSPS) is 18.9. The summed E-state index contributed by atoms with van der Waals surface area (Å²) in [6.45, 7) is 8.38. The van der Waals surface area contributed by atoms with Crippen LogP contribution in [0.5, 0.6) is 0 Å². The number of hydrogen-bond acceptors (Lipinski definition) is 2. The first-order chi connectivity index (χ1) is 26.6. The third-order valence-corrected chi connectivity index (χ3v) is 11.7. The smallest absolute Gasteiger partial charge is 0.160 e.